The fraction of sp³-hybridized carbons (Fsp3) is 0.286. The summed E-state index contributed by atoms with van der Waals surface area (Å²) >= 11 is 7.68. The Morgan fingerprint density at radius 2 is 1.69 bits per heavy atom. The van der Waals surface area contributed by atoms with E-state index in [9.17, 15) is 4.79 Å². The van der Waals surface area contributed by atoms with Crippen LogP contribution >= 0.6 is 23.4 Å². The van der Waals surface area contributed by atoms with Crippen LogP contribution in [0.25, 0.3) is 11.4 Å². The van der Waals surface area contributed by atoms with Crippen LogP contribution in [-0.4, -0.2) is 57.5 Å². The molecule has 0 saturated carbocycles. The number of hydrogen-bond acceptors (Lipinski definition) is 5. The van der Waals surface area contributed by atoms with Crippen LogP contribution < -0.4 is 4.90 Å². The highest BCUT2D eigenvalue weighted by Gasteiger charge is 2.22. The Hall–Kier alpha value is -2.51. The second kappa shape index (κ2) is 8.88. The maximum Gasteiger partial charge on any atom is 0.233 e. The molecule has 1 aromatic heterocycles. The van der Waals surface area contributed by atoms with Crippen molar-refractivity contribution in [3.63, 3.8) is 0 Å². The maximum absolute atomic E-state index is 12.7. The predicted octanol–water partition coefficient (Wildman–Crippen LogP) is 3.58. The quantitative estimate of drug-likeness (QED) is 0.582. The number of carbonyl (C=O) groups excluding carboxylic acids is 1. The summed E-state index contributed by atoms with van der Waals surface area (Å²) in [5.74, 6) is 1.17. The van der Waals surface area contributed by atoms with E-state index in [1.165, 1.54) is 17.4 Å². The fourth-order valence-electron chi connectivity index (χ4n) is 3.39. The van der Waals surface area contributed by atoms with Crippen molar-refractivity contribution in [1.29, 1.82) is 0 Å². The lowest BCUT2D eigenvalue weighted by Crippen LogP contribution is -2.49. The van der Waals surface area contributed by atoms with Gasteiger partial charge in [-0.2, -0.15) is 0 Å². The number of halogens is 1. The molecular weight excluding hydrogens is 406 g/mol. The molecule has 2 heterocycles. The number of rotatable bonds is 5. The number of thioether (sulfide) groups is 1. The average molecular weight is 428 g/mol. The topological polar surface area (TPSA) is 54.3 Å². The lowest BCUT2D eigenvalue weighted by atomic mass is 10.2. The molecule has 150 valence electrons. The van der Waals surface area contributed by atoms with Gasteiger partial charge in [0.05, 0.1) is 10.8 Å². The molecule has 1 amide bonds. The van der Waals surface area contributed by atoms with Gasteiger partial charge in [-0.15, -0.1) is 10.2 Å². The van der Waals surface area contributed by atoms with Crippen LogP contribution in [0.5, 0.6) is 0 Å². The number of hydrogen-bond donors (Lipinski definition) is 0. The molecule has 1 aliphatic rings. The zero-order valence-corrected chi connectivity index (χ0v) is 17.7. The molecule has 0 bridgehead atoms. The summed E-state index contributed by atoms with van der Waals surface area (Å²) in [6.07, 6.45) is 0. The van der Waals surface area contributed by atoms with E-state index in [0.717, 1.165) is 31.7 Å². The molecule has 1 fully saturated rings. The summed E-state index contributed by atoms with van der Waals surface area (Å²) < 4.78 is 1.88. The van der Waals surface area contributed by atoms with Gasteiger partial charge in [0.25, 0.3) is 0 Å². The van der Waals surface area contributed by atoms with Gasteiger partial charge in [0.2, 0.25) is 5.91 Å². The molecule has 0 atom stereocenters. The summed E-state index contributed by atoms with van der Waals surface area (Å²) in [4.78, 5) is 16.9. The third kappa shape index (κ3) is 4.41. The molecule has 0 unspecified atom stereocenters. The molecule has 3 aromatic rings. The first-order valence-electron chi connectivity index (χ1n) is 9.48. The largest absolute Gasteiger partial charge is 0.368 e. The number of anilines is 1. The molecule has 8 heteroatoms. The van der Waals surface area contributed by atoms with Crippen molar-refractivity contribution < 1.29 is 4.79 Å². The summed E-state index contributed by atoms with van der Waals surface area (Å²) in [6, 6.07) is 17.9. The Morgan fingerprint density at radius 3 is 2.41 bits per heavy atom. The minimum Gasteiger partial charge on any atom is -0.368 e. The number of carbonyl (C=O) groups is 1. The van der Waals surface area contributed by atoms with E-state index in [-0.39, 0.29) is 5.91 Å². The summed E-state index contributed by atoms with van der Waals surface area (Å²) in [5, 5.41) is 9.83. The van der Waals surface area contributed by atoms with Gasteiger partial charge in [-0.3, -0.25) is 4.79 Å². The smallest absolute Gasteiger partial charge is 0.233 e. The van der Waals surface area contributed by atoms with Gasteiger partial charge >= 0.3 is 0 Å². The minimum atomic E-state index is 0.130. The van der Waals surface area contributed by atoms with Crippen LogP contribution in [0.2, 0.25) is 5.02 Å². The van der Waals surface area contributed by atoms with E-state index in [1.807, 2.05) is 59.0 Å². The molecule has 29 heavy (non-hydrogen) atoms. The fourth-order valence-corrected chi connectivity index (χ4v) is 4.42. The first-order chi connectivity index (χ1) is 14.1. The summed E-state index contributed by atoms with van der Waals surface area (Å²) in [5.41, 5.74) is 2.04. The predicted molar refractivity (Wildman–Crippen MR) is 117 cm³/mol. The monoisotopic (exact) mass is 427 g/mol. The number of nitrogens with zero attached hydrogens (tertiary/aromatic N) is 5. The van der Waals surface area contributed by atoms with E-state index in [2.05, 4.69) is 27.2 Å². The first-order valence-corrected chi connectivity index (χ1v) is 10.8. The van der Waals surface area contributed by atoms with Crippen molar-refractivity contribution in [3.8, 4) is 11.4 Å². The number of aromatic nitrogens is 3. The number of para-hydroxylation sites is 1. The highest BCUT2D eigenvalue weighted by Crippen LogP contribution is 2.28. The molecule has 1 aliphatic heterocycles. The van der Waals surface area contributed by atoms with E-state index in [4.69, 9.17) is 11.6 Å². The third-order valence-corrected chi connectivity index (χ3v) is 6.36. The van der Waals surface area contributed by atoms with Crippen LogP contribution in [0.15, 0.2) is 59.8 Å². The Balaban J connectivity index is 1.33. The van der Waals surface area contributed by atoms with Gasteiger partial charge in [-0.1, -0.05) is 53.7 Å². The molecule has 6 nitrogen and oxygen atoms in total. The van der Waals surface area contributed by atoms with Crippen molar-refractivity contribution in [3.05, 3.63) is 59.6 Å². The molecule has 0 N–H and O–H groups in total. The summed E-state index contributed by atoms with van der Waals surface area (Å²) in [6.45, 7) is 3.16. The number of amides is 1. The van der Waals surface area contributed by atoms with Crippen molar-refractivity contribution in [2.45, 2.75) is 5.16 Å². The van der Waals surface area contributed by atoms with Gasteiger partial charge in [0.1, 0.15) is 0 Å². The average Bonchev–Trinajstić information content (AvgIpc) is 3.13. The van der Waals surface area contributed by atoms with Crippen LogP contribution in [0, 0.1) is 0 Å². The van der Waals surface area contributed by atoms with E-state index < -0.39 is 0 Å². The van der Waals surface area contributed by atoms with Gasteiger partial charge < -0.3 is 14.4 Å². The van der Waals surface area contributed by atoms with E-state index >= 15 is 0 Å². The van der Waals surface area contributed by atoms with Crippen molar-refractivity contribution in [2.24, 2.45) is 7.05 Å². The summed E-state index contributed by atoms with van der Waals surface area (Å²) in [7, 11) is 1.89. The number of piperazine rings is 1. The Kier molecular flexibility index (Phi) is 6.06. The second-order valence-electron chi connectivity index (χ2n) is 6.84. The standard InChI is InChI=1S/C21H22ClN5OS/c1-25-20(17-9-5-6-10-18(17)22)23-24-21(25)29-15-19(28)27-13-11-26(12-14-27)16-7-3-2-4-8-16/h2-10H,11-15H2,1H3. The third-order valence-electron chi connectivity index (χ3n) is 5.03. The van der Waals surface area contributed by atoms with Crippen molar-refractivity contribution in [2.75, 3.05) is 36.8 Å². The van der Waals surface area contributed by atoms with Gasteiger partial charge in [-0.05, 0) is 24.3 Å². The normalized spacial score (nSPS) is 14.3. The SMILES string of the molecule is Cn1c(SCC(=O)N2CCN(c3ccccc3)CC2)nnc1-c1ccccc1Cl. The van der Waals surface area contributed by atoms with Gasteiger partial charge in [-0.25, -0.2) is 0 Å². The lowest BCUT2D eigenvalue weighted by molar-refractivity contribution is -0.128. The van der Waals surface area contributed by atoms with Gasteiger partial charge in [0.15, 0.2) is 11.0 Å². The van der Waals surface area contributed by atoms with Crippen LogP contribution in [0.3, 0.4) is 0 Å². The van der Waals surface area contributed by atoms with Crippen LogP contribution in [0.1, 0.15) is 0 Å². The molecule has 4 rings (SSSR count). The molecular formula is C21H22ClN5OS. The molecule has 0 spiro atoms. The Labute approximate surface area is 179 Å². The number of benzene rings is 2. The highest BCUT2D eigenvalue weighted by molar-refractivity contribution is 7.99. The second-order valence-corrected chi connectivity index (χ2v) is 8.19. The van der Waals surface area contributed by atoms with E-state index in [1.54, 1.807) is 0 Å². The van der Waals surface area contributed by atoms with Crippen molar-refractivity contribution >= 4 is 35.0 Å². The highest BCUT2D eigenvalue weighted by atomic mass is 35.5. The Morgan fingerprint density at radius 1 is 1.00 bits per heavy atom. The molecule has 1 saturated heterocycles. The van der Waals surface area contributed by atoms with Crippen LogP contribution in [-0.2, 0) is 11.8 Å². The maximum atomic E-state index is 12.7. The van der Waals surface area contributed by atoms with Crippen LogP contribution in [0.4, 0.5) is 5.69 Å². The molecule has 0 aliphatic carbocycles. The molecule has 2 aromatic carbocycles. The minimum absolute atomic E-state index is 0.130. The molecule has 0 radical (unpaired) electrons. The zero-order valence-electron chi connectivity index (χ0n) is 16.2. The lowest BCUT2D eigenvalue weighted by Gasteiger charge is -2.36. The van der Waals surface area contributed by atoms with E-state index in [0.29, 0.717) is 21.8 Å². The van der Waals surface area contributed by atoms with Crippen molar-refractivity contribution in [1.82, 2.24) is 19.7 Å². The Bertz CT molecular complexity index is 986. The first kappa shape index (κ1) is 19.8. The van der Waals surface area contributed by atoms with Gasteiger partial charge in [0, 0.05) is 44.5 Å². The zero-order chi connectivity index (χ0) is 20.2.